The Hall–Kier alpha value is -7.40. The molecule has 0 saturated heterocycles. The number of hydrogen-bond acceptors (Lipinski definition) is 4. The summed E-state index contributed by atoms with van der Waals surface area (Å²) >= 11 is 0. The quantitative estimate of drug-likeness (QED) is 0.186. The van der Waals surface area contributed by atoms with Crippen LogP contribution in [0, 0.1) is 22.7 Å². The summed E-state index contributed by atoms with van der Waals surface area (Å²) in [5.74, 6) is 0. The third-order valence-electron chi connectivity index (χ3n) is 10.9. The van der Waals surface area contributed by atoms with Gasteiger partial charge in [-0.25, -0.2) is 9.97 Å². The van der Waals surface area contributed by atoms with E-state index in [1.807, 2.05) is 24.3 Å². The van der Waals surface area contributed by atoms with Crippen LogP contribution in [0.15, 0.2) is 170 Å². The van der Waals surface area contributed by atoms with Gasteiger partial charge in [-0.3, -0.25) is 0 Å². The minimum absolute atomic E-state index is 0.410. The van der Waals surface area contributed by atoms with Crippen molar-refractivity contribution in [1.29, 1.82) is 10.5 Å². The third-order valence-corrected chi connectivity index (χ3v) is 10.9. The molecule has 10 rings (SSSR count). The molecule has 0 atom stereocenters. The summed E-state index contributed by atoms with van der Waals surface area (Å²) in [4.78, 5) is 8.27. The van der Waals surface area contributed by atoms with E-state index in [4.69, 9.17) is 0 Å². The topological polar surface area (TPSA) is 73.4 Å². The van der Waals surface area contributed by atoms with Crippen LogP contribution in [0.5, 0.6) is 0 Å². The third kappa shape index (κ3) is 4.60. The van der Waals surface area contributed by atoms with Gasteiger partial charge in [-0.2, -0.15) is 10.5 Å². The van der Waals surface area contributed by atoms with Gasteiger partial charge in [0.15, 0.2) is 0 Å². The number of rotatable bonds is 4. The van der Waals surface area contributed by atoms with Crippen molar-refractivity contribution in [1.82, 2.24) is 9.97 Å². The lowest BCUT2D eigenvalue weighted by Crippen LogP contribution is -2.26. The summed E-state index contributed by atoms with van der Waals surface area (Å²) in [6.45, 7) is 0. The summed E-state index contributed by atoms with van der Waals surface area (Å²) < 4.78 is 0. The van der Waals surface area contributed by atoms with Crippen molar-refractivity contribution in [2.24, 2.45) is 0 Å². The highest BCUT2D eigenvalue weighted by molar-refractivity contribution is 5.97. The first-order chi connectivity index (χ1) is 26.1. The van der Waals surface area contributed by atoms with Crippen molar-refractivity contribution in [2.45, 2.75) is 5.41 Å². The Morgan fingerprint density at radius 2 is 0.679 bits per heavy atom. The number of pyridine rings is 2. The fourth-order valence-corrected chi connectivity index (χ4v) is 8.55. The lowest BCUT2D eigenvalue weighted by atomic mass is 9.70. The van der Waals surface area contributed by atoms with Crippen LogP contribution >= 0.6 is 0 Å². The Labute approximate surface area is 307 Å². The second kappa shape index (κ2) is 11.8. The number of nitrogens with zero attached hydrogens (tertiary/aromatic N) is 4. The molecule has 4 nitrogen and oxygen atoms in total. The van der Waals surface area contributed by atoms with E-state index in [1.165, 1.54) is 44.5 Å². The van der Waals surface area contributed by atoms with Gasteiger partial charge in [-0.05, 0) is 125 Å². The van der Waals surface area contributed by atoms with E-state index >= 15 is 0 Å². The largest absolute Gasteiger partial charge is 0.246 e. The number of aromatic nitrogens is 2. The van der Waals surface area contributed by atoms with Crippen LogP contribution in [0.1, 0.15) is 33.6 Å². The average molecular weight is 673 g/mol. The molecular weight excluding hydrogens is 645 g/mol. The Morgan fingerprint density at radius 1 is 0.340 bits per heavy atom. The Morgan fingerprint density at radius 3 is 1.08 bits per heavy atom. The van der Waals surface area contributed by atoms with Gasteiger partial charge < -0.3 is 0 Å². The molecule has 244 valence electrons. The molecular formula is C49H28N4. The molecule has 2 aliphatic rings. The average Bonchev–Trinajstić information content (AvgIpc) is 3.70. The van der Waals surface area contributed by atoms with Crippen LogP contribution in [-0.4, -0.2) is 9.97 Å². The van der Waals surface area contributed by atoms with Crippen molar-refractivity contribution < 1.29 is 0 Å². The predicted molar refractivity (Wildman–Crippen MR) is 210 cm³/mol. The van der Waals surface area contributed by atoms with Crippen LogP contribution in [0.4, 0.5) is 0 Å². The van der Waals surface area contributed by atoms with Crippen LogP contribution in [0.2, 0.25) is 0 Å². The molecule has 0 saturated carbocycles. The van der Waals surface area contributed by atoms with Gasteiger partial charge in [0, 0.05) is 12.4 Å². The molecule has 0 fully saturated rings. The number of nitriles is 2. The van der Waals surface area contributed by atoms with Gasteiger partial charge in [0.25, 0.3) is 0 Å². The first-order valence-corrected chi connectivity index (χ1v) is 17.6. The second-order valence-corrected chi connectivity index (χ2v) is 13.6. The van der Waals surface area contributed by atoms with Gasteiger partial charge in [-0.15, -0.1) is 0 Å². The number of fused-ring (bicyclic) bond motifs is 10. The maximum atomic E-state index is 9.37. The Balaban J connectivity index is 1.13. The lowest BCUT2D eigenvalue weighted by molar-refractivity contribution is 0.794. The maximum Gasteiger partial charge on any atom is 0.141 e. The van der Waals surface area contributed by atoms with Crippen molar-refractivity contribution in [2.75, 3.05) is 0 Å². The van der Waals surface area contributed by atoms with Gasteiger partial charge in [0.05, 0.1) is 5.41 Å². The van der Waals surface area contributed by atoms with E-state index in [0.717, 1.165) is 44.5 Å². The molecule has 0 amide bonds. The lowest BCUT2D eigenvalue weighted by Gasteiger charge is -2.31. The molecule has 0 N–H and O–H groups in total. The Kier molecular flexibility index (Phi) is 6.80. The molecule has 8 aromatic rings. The molecule has 0 radical (unpaired) electrons. The molecule has 0 aliphatic heterocycles. The van der Waals surface area contributed by atoms with Crippen molar-refractivity contribution in [3.8, 4) is 78.9 Å². The number of benzene rings is 6. The summed E-state index contributed by atoms with van der Waals surface area (Å²) in [7, 11) is 0. The van der Waals surface area contributed by atoms with Gasteiger partial charge in [0.2, 0.25) is 0 Å². The molecule has 2 aliphatic carbocycles. The zero-order chi connectivity index (χ0) is 35.5. The van der Waals surface area contributed by atoms with Crippen molar-refractivity contribution in [3.05, 3.63) is 204 Å². The standard InChI is InChI=1S/C49H28N4/c50-29-39-25-37(21-23-52-39)33-13-9-31(10-14-33)35-17-19-43-44-20-18-36(32-11-15-34(16-12-32)38-22-24-53-40(26-38)30-51)28-48(44)49(47(43)27-35)45-7-3-1-5-41(45)42-6-2-4-8-46(42)49/h1-28H. The molecule has 4 heteroatoms. The summed E-state index contributed by atoms with van der Waals surface area (Å²) in [6, 6.07) is 60.7. The summed E-state index contributed by atoms with van der Waals surface area (Å²) in [5.41, 5.74) is 19.2. The van der Waals surface area contributed by atoms with Gasteiger partial charge >= 0.3 is 0 Å². The molecule has 1 spiro atoms. The molecule has 0 bridgehead atoms. The van der Waals surface area contributed by atoms with Crippen LogP contribution < -0.4 is 0 Å². The van der Waals surface area contributed by atoms with Crippen LogP contribution in [-0.2, 0) is 5.41 Å². The number of hydrogen-bond donors (Lipinski definition) is 0. The van der Waals surface area contributed by atoms with Crippen LogP contribution in [0.25, 0.3) is 66.8 Å². The zero-order valence-corrected chi connectivity index (χ0v) is 28.5. The molecule has 6 aromatic carbocycles. The van der Waals surface area contributed by atoms with Crippen molar-refractivity contribution in [3.63, 3.8) is 0 Å². The fourth-order valence-electron chi connectivity index (χ4n) is 8.55. The maximum absolute atomic E-state index is 9.37. The van der Waals surface area contributed by atoms with E-state index in [-0.39, 0.29) is 0 Å². The van der Waals surface area contributed by atoms with Gasteiger partial charge in [0.1, 0.15) is 23.5 Å². The highest BCUT2D eigenvalue weighted by Crippen LogP contribution is 2.63. The predicted octanol–water partition coefficient (Wildman–Crippen LogP) is 11.2. The van der Waals surface area contributed by atoms with E-state index in [2.05, 4.69) is 156 Å². The first-order valence-electron chi connectivity index (χ1n) is 17.6. The monoisotopic (exact) mass is 672 g/mol. The highest BCUT2D eigenvalue weighted by Gasteiger charge is 2.51. The summed E-state index contributed by atoms with van der Waals surface area (Å²) in [6.07, 6.45) is 3.37. The minimum Gasteiger partial charge on any atom is -0.246 e. The van der Waals surface area contributed by atoms with E-state index in [0.29, 0.717) is 11.4 Å². The highest BCUT2D eigenvalue weighted by atomic mass is 14.7. The zero-order valence-electron chi connectivity index (χ0n) is 28.5. The normalized spacial score (nSPS) is 12.6. The first kappa shape index (κ1) is 30.4. The fraction of sp³-hybridized carbons (Fsp3) is 0.0204. The van der Waals surface area contributed by atoms with E-state index in [1.54, 1.807) is 12.4 Å². The SMILES string of the molecule is N#Cc1cc(-c2ccc(-c3ccc4c(c3)C3(c5ccccc5-c5ccccc53)c3cc(-c5ccc(-c6ccnc(C#N)c6)cc5)ccc3-4)cc2)ccn1. The van der Waals surface area contributed by atoms with Gasteiger partial charge in [-0.1, -0.05) is 121 Å². The van der Waals surface area contributed by atoms with Crippen LogP contribution in [0.3, 0.4) is 0 Å². The molecule has 2 heterocycles. The molecule has 53 heavy (non-hydrogen) atoms. The van der Waals surface area contributed by atoms with E-state index in [9.17, 15) is 10.5 Å². The molecule has 2 aromatic heterocycles. The molecule has 0 unspecified atom stereocenters. The smallest absolute Gasteiger partial charge is 0.141 e. The van der Waals surface area contributed by atoms with Crippen molar-refractivity contribution >= 4 is 0 Å². The summed E-state index contributed by atoms with van der Waals surface area (Å²) in [5, 5.41) is 18.7. The Bertz CT molecular complexity index is 2660. The minimum atomic E-state index is -0.487. The van der Waals surface area contributed by atoms with E-state index < -0.39 is 5.41 Å². The second-order valence-electron chi connectivity index (χ2n) is 13.6.